The summed E-state index contributed by atoms with van der Waals surface area (Å²) >= 11 is 11.8. The van der Waals surface area contributed by atoms with Gasteiger partial charge in [-0.2, -0.15) is 0 Å². The van der Waals surface area contributed by atoms with Crippen LogP contribution in [0, 0.1) is 0 Å². The lowest BCUT2D eigenvalue weighted by Crippen LogP contribution is -2.38. The Morgan fingerprint density at radius 3 is 2.09 bits per heavy atom. The largest absolute Gasteiger partial charge is 0.368 e. The van der Waals surface area contributed by atoms with Crippen LogP contribution >= 0.6 is 23.2 Å². The first-order chi connectivity index (χ1) is 10.3. The number of halogens is 2. The van der Waals surface area contributed by atoms with Crippen molar-refractivity contribution in [2.75, 3.05) is 10.8 Å². The predicted molar refractivity (Wildman–Crippen MR) is 86.6 cm³/mol. The number of benzene rings is 2. The van der Waals surface area contributed by atoms with Crippen molar-refractivity contribution < 1.29 is 13.2 Å². The summed E-state index contributed by atoms with van der Waals surface area (Å²) in [7, 11) is -3.97. The van der Waals surface area contributed by atoms with E-state index in [9.17, 15) is 13.2 Å². The van der Waals surface area contributed by atoms with Gasteiger partial charge in [-0.05, 0) is 30.3 Å². The minimum Gasteiger partial charge on any atom is -0.368 e. The number of sulfonamides is 1. The van der Waals surface area contributed by atoms with Gasteiger partial charge < -0.3 is 5.73 Å². The Morgan fingerprint density at radius 2 is 1.59 bits per heavy atom. The van der Waals surface area contributed by atoms with Gasteiger partial charge in [0.15, 0.2) is 0 Å². The first-order valence-electron chi connectivity index (χ1n) is 6.13. The molecule has 0 aliphatic carbocycles. The topological polar surface area (TPSA) is 80.5 Å². The van der Waals surface area contributed by atoms with Gasteiger partial charge in [0.05, 0.1) is 10.6 Å². The van der Waals surface area contributed by atoms with Crippen molar-refractivity contribution in [1.82, 2.24) is 0 Å². The Balaban J connectivity index is 2.58. The third-order valence-electron chi connectivity index (χ3n) is 2.77. The van der Waals surface area contributed by atoms with Gasteiger partial charge in [-0.25, -0.2) is 8.42 Å². The molecule has 2 aromatic rings. The van der Waals surface area contributed by atoms with Crippen molar-refractivity contribution >= 4 is 44.8 Å². The lowest BCUT2D eigenvalue weighted by molar-refractivity contribution is -0.116. The highest BCUT2D eigenvalue weighted by Gasteiger charge is 2.26. The second-order valence-corrected chi connectivity index (χ2v) is 7.15. The average molecular weight is 359 g/mol. The summed E-state index contributed by atoms with van der Waals surface area (Å²) in [4.78, 5) is 11.3. The Hall–Kier alpha value is -1.76. The Morgan fingerprint density at radius 1 is 1.05 bits per heavy atom. The molecule has 2 N–H and O–H groups in total. The highest BCUT2D eigenvalue weighted by Crippen LogP contribution is 2.29. The molecule has 22 heavy (non-hydrogen) atoms. The number of anilines is 1. The van der Waals surface area contributed by atoms with Crippen molar-refractivity contribution in [3.8, 4) is 0 Å². The number of rotatable bonds is 5. The molecule has 0 atom stereocenters. The van der Waals surface area contributed by atoms with E-state index in [-0.39, 0.29) is 20.6 Å². The summed E-state index contributed by atoms with van der Waals surface area (Å²) in [6, 6.07) is 12.0. The normalized spacial score (nSPS) is 11.2. The molecule has 0 bridgehead atoms. The molecule has 0 radical (unpaired) electrons. The van der Waals surface area contributed by atoms with Gasteiger partial charge in [-0.15, -0.1) is 0 Å². The van der Waals surface area contributed by atoms with Crippen LogP contribution in [0.5, 0.6) is 0 Å². The van der Waals surface area contributed by atoms with E-state index >= 15 is 0 Å². The van der Waals surface area contributed by atoms with E-state index in [1.54, 1.807) is 18.2 Å². The smallest absolute Gasteiger partial charge is 0.264 e. The zero-order valence-corrected chi connectivity index (χ0v) is 13.6. The van der Waals surface area contributed by atoms with Crippen LogP contribution in [-0.2, 0) is 14.8 Å². The molecular formula is C14H12Cl2N2O3S. The molecule has 116 valence electrons. The lowest BCUT2D eigenvalue weighted by atomic mass is 10.3. The zero-order chi connectivity index (χ0) is 16.3. The highest BCUT2D eigenvalue weighted by molar-refractivity contribution is 7.92. The van der Waals surface area contributed by atoms with Gasteiger partial charge in [-0.3, -0.25) is 9.10 Å². The Bertz CT molecular complexity index is 775. The van der Waals surface area contributed by atoms with Gasteiger partial charge in [0.25, 0.3) is 10.0 Å². The third kappa shape index (κ3) is 3.71. The van der Waals surface area contributed by atoms with E-state index in [0.29, 0.717) is 0 Å². The van der Waals surface area contributed by atoms with Crippen molar-refractivity contribution in [3.05, 3.63) is 58.6 Å². The van der Waals surface area contributed by atoms with Crippen molar-refractivity contribution in [2.24, 2.45) is 5.73 Å². The highest BCUT2D eigenvalue weighted by atomic mass is 35.5. The molecule has 0 saturated carbocycles. The summed E-state index contributed by atoms with van der Waals surface area (Å²) in [5.74, 6) is -0.796. The second-order valence-electron chi connectivity index (χ2n) is 4.42. The number of primary amides is 1. The van der Waals surface area contributed by atoms with Crippen molar-refractivity contribution in [1.29, 1.82) is 0 Å². The monoisotopic (exact) mass is 358 g/mol. The predicted octanol–water partition coefficient (Wildman–Crippen LogP) is 2.67. The van der Waals surface area contributed by atoms with E-state index in [1.807, 2.05) is 0 Å². The van der Waals surface area contributed by atoms with Crippen LogP contribution in [0.25, 0.3) is 0 Å². The van der Waals surface area contributed by atoms with Crippen LogP contribution < -0.4 is 10.0 Å². The maximum Gasteiger partial charge on any atom is 0.264 e. The summed E-state index contributed by atoms with van der Waals surface area (Å²) in [6.45, 7) is -0.520. The fourth-order valence-electron chi connectivity index (χ4n) is 1.86. The van der Waals surface area contributed by atoms with E-state index in [0.717, 1.165) is 4.31 Å². The first kappa shape index (κ1) is 16.6. The second kappa shape index (κ2) is 6.56. The molecule has 0 aliphatic rings. The van der Waals surface area contributed by atoms with Gasteiger partial charge in [0, 0.05) is 10.0 Å². The van der Waals surface area contributed by atoms with Crippen LogP contribution in [0.4, 0.5) is 5.69 Å². The fraction of sp³-hybridized carbons (Fsp3) is 0.0714. The molecular weight excluding hydrogens is 347 g/mol. The summed E-state index contributed by atoms with van der Waals surface area (Å²) in [5.41, 5.74) is 5.34. The molecule has 0 unspecified atom stereocenters. The number of nitrogens with two attached hydrogens (primary N) is 1. The fourth-order valence-corrected chi connectivity index (χ4v) is 3.81. The molecule has 5 nitrogen and oxygen atoms in total. The van der Waals surface area contributed by atoms with E-state index in [2.05, 4.69) is 0 Å². The SMILES string of the molecule is NC(=O)CN(c1cc(Cl)cc(Cl)c1)S(=O)(=O)c1ccccc1. The van der Waals surface area contributed by atoms with Crippen LogP contribution in [0.1, 0.15) is 0 Å². The molecule has 0 saturated heterocycles. The summed E-state index contributed by atoms with van der Waals surface area (Å²) in [5, 5.41) is 0.500. The van der Waals surface area contributed by atoms with E-state index in [4.69, 9.17) is 28.9 Å². The molecule has 0 spiro atoms. The van der Waals surface area contributed by atoms with Gasteiger partial charge in [0.1, 0.15) is 6.54 Å². The molecule has 0 aromatic heterocycles. The van der Waals surface area contributed by atoms with Gasteiger partial charge in [0.2, 0.25) is 5.91 Å². The molecule has 0 heterocycles. The lowest BCUT2D eigenvalue weighted by Gasteiger charge is -2.23. The molecule has 2 aromatic carbocycles. The van der Waals surface area contributed by atoms with E-state index < -0.39 is 22.5 Å². The minimum atomic E-state index is -3.97. The standard InChI is InChI=1S/C14H12Cl2N2O3S/c15-10-6-11(16)8-12(7-10)18(9-14(17)19)22(20,21)13-4-2-1-3-5-13/h1-8H,9H2,(H2,17,19). The summed E-state index contributed by atoms with van der Waals surface area (Å²) in [6.07, 6.45) is 0. The van der Waals surface area contributed by atoms with Crippen LogP contribution in [0.15, 0.2) is 53.4 Å². The van der Waals surface area contributed by atoms with Gasteiger partial charge >= 0.3 is 0 Å². The number of nitrogens with zero attached hydrogens (tertiary/aromatic N) is 1. The first-order valence-corrected chi connectivity index (χ1v) is 8.32. The van der Waals surface area contributed by atoms with Crippen LogP contribution in [0.2, 0.25) is 10.0 Å². The third-order valence-corrected chi connectivity index (χ3v) is 4.99. The molecule has 8 heteroatoms. The van der Waals surface area contributed by atoms with Crippen molar-refractivity contribution in [2.45, 2.75) is 4.90 Å². The number of carbonyl (C=O) groups is 1. The zero-order valence-electron chi connectivity index (χ0n) is 11.2. The number of hydrogen-bond acceptors (Lipinski definition) is 3. The maximum atomic E-state index is 12.7. The number of amides is 1. The quantitative estimate of drug-likeness (QED) is 0.891. The molecule has 2 rings (SSSR count). The van der Waals surface area contributed by atoms with Crippen LogP contribution in [0.3, 0.4) is 0 Å². The Kier molecular flexibility index (Phi) is 4.95. The number of carbonyl (C=O) groups excluding carboxylic acids is 1. The van der Waals surface area contributed by atoms with Crippen LogP contribution in [-0.4, -0.2) is 20.9 Å². The van der Waals surface area contributed by atoms with E-state index in [1.165, 1.54) is 30.3 Å². The van der Waals surface area contributed by atoms with Gasteiger partial charge in [-0.1, -0.05) is 41.4 Å². The minimum absolute atomic E-state index is 0.0346. The number of hydrogen-bond donors (Lipinski definition) is 1. The van der Waals surface area contributed by atoms with Crippen molar-refractivity contribution in [3.63, 3.8) is 0 Å². The maximum absolute atomic E-state index is 12.7. The summed E-state index contributed by atoms with van der Waals surface area (Å²) < 4.78 is 26.3. The average Bonchev–Trinajstić information content (AvgIpc) is 2.44. The molecule has 0 aliphatic heterocycles. The Labute approximate surface area is 138 Å². The molecule has 0 fully saturated rings. The molecule has 1 amide bonds.